The summed E-state index contributed by atoms with van der Waals surface area (Å²) in [7, 11) is 3.34. The van der Waals surface area contributed by atoms with E-state index in [-0.39, 0.29) is 47.7 Å². The van der Waals surface area contributed by atoms with E-state index in [1.165, 1.54) is 24.1 Å². The van der Waals surface area contributed by atoms with Crippen LogP contribution >= 0.6 is 11.6 Å². The number of halogens is 1. The molecule has 1 aromatic heterocycles. The maximum absolute atomic E-state index is 13.6. The van der Waals surface area contributed by atoms with E-state index in [0.717, 1.165) is 0 Å². The molecule has 49 heavy (non-hydrogen) atoms. The van der Waals surface area contributed by atoms with Crippen molar-refractivity contribution in [3.63, 3.8) is 0 Å². The molecule has 1 fully saturated rings. The highest BCUT2D eigenvalue weighted by molar-refractivity contribution is 6.33. The number of aromatic hydroxyl groups is 1. The number of carbonyl (C=O) groups excluding carboxylic acids is 3. The standard InChI is InChI=1S/C35H44ClN3O10/c1-34(2,3)48-31(42)37-14-16-39(8)32(43)46-26-18-24(41)29-23(40)17-25(20-11-9-10-12-22(20)36)45-30(29)28(26)21-13-15-38(7)19-27(21)47-33(44)49-35(4,5)6/h9-12,17-18,21,27,41H,13-16,19H2,1-8H3,(H,37,42)/t21-,27+/m0/s1. The lowest BCUT2D eigenvalue weighted by atomic mass is 9.85. The molecule has 0 bridgehead atoms. The number of fused-ring (bicyclic) bond motifs is 1. The Bertz CT molecular complexity index is 1760. The van der Waals surface area contributed by atoms with E-state index in [1.807, 2.05) is 11.9 Å². The Balaban J connectivity index is 1.79. The van der Waals surface area contributed by atoms with E-state index in [1.54, 1.807) is 65.8 Å². The van der Waals surface area contributed by atoms with Crippen LogP contribution in [-0.2, 0) is 14.2 Å². The molecule has 0 saturated carbocycles. The van der Waals surface area contributed by atoms with Gasteiger partial charge in [0.25, 0.3) is 0 Å². The van der Waals surface area contributed by atoms with E-state index < -0.39 is 52.7 Å². The number of piperidine rings is 1. The normalized spacial score (nSPS) is 16.9. The molecule has 4 rings (SSSR count). The van der Waals surface area contributed by atoms with Crippen molar-refractivity contribution in [3.8, 4) is 22.8 Å². The van der Waals surface area contributed by atoms with Crippen LogP contribution in [0.25, 0.3) is 22.3 Å². The summed E-state index contributed by atoms with van der Waals surface area (Å²) in [5.74, 6) is -1.13. The third-order valence-electron chi connectivity index (χ3n) is 7.52. The fraction of sp³-hybridized carbons (Fsp3) is 0.486. The van der Waals surface area contributed by atoms with Gasteiger partial charge in [-0.1, -0.05) is 23.7 Å². The van der Waals surface area contributed by atoms with Crippen LogP contribution in [0.5, 0.6) is 11.5 Å². The minimum absolute atomic E-state index is 0.0493. The first-order valence-corrected chi connectivity index (χ1v) is 16.3. The van der Waals surface area contributed by atoms with Crippen LogP contribution in [-0.4, -0.2) is 90.8 Å². The quantitative estimate of drug-likeness (QED) is 0.259. The number of benzene rings is 2. The lowest BCUT2D eigenvalue weighted by Crippen LogP contribution is -2.44. The molecule has 1 saturated heterocycles. The van der Waals surface area contributed by atoms with Crippen LogP contribution in [0, 0.1) is 0 Å². The van der Waals surface area contributed by atoms with Gasteiger partial charge in [-0.3, -0.25) is 4.79 Å². The number of carbonyl (C=O) groups is 3. The first-order valence-electron chi connectivity index (χ1n) is 15.9. The number of nitrogens with zero attached hydrogens (tertiary/aromatic N) is 2. The van der Waals surface area contributed by atoms with E-state index in [0.29, 0.717) is 23.6 Å². The predicted octanol–water partition coefficient (Wildman–Crippen LogP) is 6.51. The van der Waals surface area contributed by atoms with Crippen molar-refractivity contribution in [1.82, 2.24) is 15.1 Å². The highest BCUT2D eigenvalue weighted by Crippen LogP contribution is 2.44. The minimum atomic E-state index is -0.894. The molecular weight excluding hydrogens is 658 g/mol. The molecule has 2 amide bonds. The van der Waals surface area contributed by atoms with Crippen LogP contribution in [0.2, 0.25) is 5.02 Å². The lowest BCUT2D eigenvalue weighted by molar-refractivity contribution is -0.0461. The molecule has 14 heteroatoms. The zero-order valence-corrected chi connectivity index (χ0v) is 29.8. The van der Waals surface area contributed by atoms with Gasteiger partial charge in [0, 0.05) is 55.9 Å². The zero-order valence-electron chi connectivity index (χ0n) is 29.0. The maximum Gasteiger partial charge on any atom is 0.509 e. The van der Waals surface area contributed by atoms with Gasteiger partial charge >= 0.3 is 18.3 Å². The summed E-state index contributed by atoms with van der Waals surface area (Å²) in [4.78, 5) is 55.2. The molecule has 0 unspecified atom stereocenters. The van der Waals surface area contributed by atoms with Gasteiger partial charge in [-0.2, -0.15) is 0 Å². The molecule has 266 valence electrons. The summed E-state index contributed by atoms with van der Waals surface area (Å²) in [6, 6.07) is 9.20. The SMILES string of the molecule is CN1CC[C@H](c2c(OC(=O)N(C)CCNC(=O)OC(C)(C)C)cc(O)c3c(=O)cc(-c4ccccc4Cl)oc23)[C@H](OC(=O)OC(C)(C)C)C1. The molecule has 2 heterocycles. The molecule has 13 nitrogen and oxygen atoms in total. The average Bonchev–Trinajstić information content (AvgIpc) is 2.96. The number of rotatable bonds is 7. The van der Waals surface area contributed by atoms with E-state index >= 15 is 0 Å². The molecule has 0 aliphatic carbocycles. The van der Waals surface area contributed by atoms with Gasteiger partial charge in [0.1, 0.15) is 45.5 Å². The molecule has 1 aliphatic rings. The Morgan fingerprint density at radius 2 is 1.76 bits per heavy atom. The number of likely N-dealkylation sites (N-methyl/N-ethyl adjacent to an activating group) is 2. The number of likely N-dealkylation sites (tertiary alicyclic amines) is 1. The number of hydrogen-bond acceptors (Lipinski definition) is 11. The van der Waals surface area contributed by atoms with E-state index in [9.17, 15) is 24.3 Å². The molecule has 2 N–H and O–H groups in total. The Kier molecular flexibility index (Phi) is 11.4. The summed E-state index contributed by atoms with van der Waals surface area (Å²) >= 11 is 6.46. The third-order valence-corrected chi connectivity index (χ3v) is 7.85. The first kappa shape index (κ1) is 37.3. The van der Waals surface area contributed by atoms with Gasteiger partial charge in [0.2, 0.25) is 0 Å². The molecule has 0 radical (unpaired) electrons. The first-order chi connectivity index (χ1) is 22.8. The van der Waals surface area contributed by atoms with Crippen LogP contribution in [0.4, 0.5) is 14.4 Å². The topological polar surface area (TPSA) is 157 Å². The largest absolute Gasteiger partial charge is 0.509 e. The Morgan fingerprint density at radius 3 is 2.41 bits per heavy atom. The number of ether oxygens (including phenoxy) is 4. The molecule has 1 aliphatic heterocycles. The van der Waals surface area contributed by atoms with Crippen LogP contribution < -0.4 is 15.5 Å². The summed E-state index contributed by atoms with van der Waals surface area (Å²) in [6.07, 6.45) is -2.80. The number of phenols is 1. The van der Waals surface area contributed by atoms with Crippen molar-refractivity contribution in [2.45, 2.75) is 71.2 Å². The number of phenolic OH excluding ortho intramolecular Hbond substituents is 1. The number of nitrogens with one attached hydrogen (secondary N) is 1. The Hall–Kier alpha value is -4.49. The molecular formula is C35H44ClN3O10. The van der Waals surface area contributed by atoms with E-state index in [2.05, 4.69) is 5.32 Å². The van der Waals surface area contributed by atoms with Gasteiger partial charge in [0.05, 0.1) is 5.02 Å². The average molecular weight is 702 g/mol. The highest BCUT2D eigenvalue weighted by Gasteiger charge is 2.38. The smallest absolute Gasteiger partial charge is 0.507 e. The minimum Gasteiger partial charge on any atom is -0.507 e. The van der Waals surface area contributed by atoms with Crippen molar-refractivity contribution in [1.29, 1.82) is 0 Å². The Morgan fingerprint density at radius 1 is 1.08 bits per heavy atom. The van der Waals surface area contributed by atoms with E-state index in [4.69, 9.17) is 35.0 Å². The number of alkyl carbamates (subject to hydrolysis) is 1. The monoisotopic (exact) mass is 701 g/mol. The molecule has 0 spiro atoms. The second kappa shape index (κ2) is 15.0. The third kappa shape index (κ3) is 9.79. The highest BCUT2D eigenvalue weighted by atomic mass is 35.5. The van der Waals surface area contributed by atoms with Gasteiger partial charge < -0.3 is 43.6 Å². The van der Waals surface area contributed by atoms with Crippen molar-refractivity contribution in [2.75, 3.05) is 40.3 Å². The van der Waals surface area contributed by atoms with Gasteiger partial charge in [-0.25, -0.2) is 14.4 Å². The summed E-state index contributed by atoms with van der Waals surface area (Å²) < 4.78 is 28.8. The van der Waals surface area contributed by atoms with Crippen LogP contribution in [0.3, 0.4) is 0 Å². The molecule has 2 aromatic carbocycles. The fourth-order valence-corrected chi connectivity index (χ4v) is 5.59. The Labute approximate surface area is 290 Å². The van der Waals surface area contributed by atoms with Crippen LogP contribution in [0.1, 0.15) is 59.4 Å². The number of amides is 2. The lowest BCUT2D eigenvalue weighted by Gasteiger charge is -2.37. The maximum atomic E-state index is 13.6. The number of hydrogen-bond donors (Lipinski definition) is 2. The van der Waals surface area contributed by atoms with Crippen molar-refractivity contribution < 1.29 is 42.9 Å². The van der Waals surface area contributed by atoms with Gasteiger partial charge in [-0.15, -0.1) is 0 Å². The predicted molar refractivity (Wildman–Crippen MR) is 183 cm³/mol. The van der Waals surface area contributed by atoms with Gasteiger partial charge in [0.15, 0.2) is 5.43 Å². The van der Waals surface area contributed by atoms with Crippen molar-refractivity contribution >= 4 is 40.9 Å². The summed E-state index contributed by atoms with van der Waals surface area (Å²) in [5, 5.41) is 13.9. The zero-order chi connectivity index (χ0) is 36.3. The van der Waals surface area contributed by atoms with Crippen molar-refractivity contribution in [3.05, 3.63) is 57.2 Å². The molecule has 2 atom stereocenters. The van der Waals surface area contributed by atoms with Crippen molar-refractivity contribution in [2.24, 2.45) is 0 Å². The molecule has 3 aromatic rings. The summed E-state index contributed by atoms with van der Waals surface area (Å²) in [5.41, 5.74) is -1.45. The second-order valence-corrected chi connectivity index (χ2v) is 14.4. The van der Waals surface area contributed by atoms with Gasteiger partial charge in [-0.05, 0) is 73.7 Å². The summed E-state index contributed by atoms with van der Waals surface area (Å²) in [6.45, 7) is 11.3. The van der Waals surface area contributed by atoms with Crippen LogP contribution in [0.15, 0.2) is 45.6 Å². The fourth-order valence-electron chi connectivity index (χ4n) is 5.36. The second-order valence-electron chi connectivity index (χ2n) is 14.0.